The average Bonchev–Trinajstić information content (AvgIpc) is 3.48. The molecule has 8 rings (SSSR count). The summed E-state index contributed by atoms with van der Waals surface area (Å²) in [5.41, 5.74) is 7.15. The number of fused-ring (bicyclic) bond motifs is 8. The first kappa shape index (κ1) is 20.1. The highest BCUT2D eigenvalue weighted by atomic mass is 16.1. The Morgan fingerprint density at radius 1 is 0.432 bits per heavy atom. The smallest absolute Gasteiger partial charge is 0.266 e. The monoisotopic (exact) mass is 475 g/mol. The van der Waals surface area contributed by atoms with Gasteiger partial charge in [-0.15, -0.1) is 0 Å². The van der Waals surface area contributed by atoms with Crippen molar-refractivity contribution in [3.05, 3.63) is 138 Å². The number of rotatable bonds is 2. The first-order chi connectivity index (χ1) is 18.3. The van der Waals surface area contributed by atoms with Crippen LogP contribution in [0, 0.1) is 0 Å². The molecule has 0 amide bonds. The second-order valence-electron chi connectivity index (χ2n) is 9.45. The number of hydrogen-bond donors (Lipinski definition) is 0. The Morgan fingerprint density at radius 2 is 1.03 bits per heavy atom. The first-order valence-electron chi connectivity index (χ1n) is 12.4. The van der Waals surface area contributed by atoms with Crippen LogP contribution in [-0.4, -0.2) is 13.5 Å². The third-order valence-electron chi connectivity index (χ3n) is 7.41. The largest absolute Gasteiger partial charge is 0.309 e. The van der Waals surface area contributed by atoms with E-state index in [0.29, 0.717) is 5.39 Å². The van der Waals surface area contributed by atoms with E-state index >= 15 is 0 Å². The standard InChI is InChI=1S/C33H21N3O/c37-33-26-16-8-10-18-29(26)36-30-21-27-25-15-7-9-17-28(25)34(23-11-3-1-4-12-23)31(27)19-22(30)20-32(36)35(33)24-13-5-2-6-14-24/h1-21H. The third kappa shape index (κ3) is 2.75. The minimum atomic E-state index is -0.0131. The van der Waals surface area contributed by atoms with Crippen LogP contribution in [0.5, 0.6) is 0 Å². The molecule has 0 saturated heterocycles. The highest BCUT2D eigenvalue weighted by Crippen LogP contribution is 2.36. The molecule has 0 aliphatic heterocycles. The van der Waals surface area contributed by atoms with Gasteiger partial charge in [0.25, 0.3) is 5.56 Å². The lowest BCUT2D eigenvalue weighted by Crippen LogP contribution is -2.20. The Hall–Kier alpha value is -5.09. The fourth-order valence-corrected chi connectivity index (χ4v) is 5.83. The zero-order valence-electron chi connectivity index (χ0n) is 19.9. The minimum Gasteiger partial charge on any atom is -0.309 e. The van der Waals surface area contributed by atoms with Crippen LogP contribution in [0.1, 0.15) is 0 Å². The van der Waals surface area contributed by atoms with E-state index in [1.165, 1.54) is 16.3 Å². The van der Waals surface area contributed by atoms with Gasteiger partial charge >= 0.3 is 0 Å². The Morgan fingerprint density at radius 3 is 1.76 bits per heavy atom. The number of hydrogen-bond acceptors (Lipinski definition) is 1. The number of para-hydroxylation sites is 4. The van der Waals surface area contributed by atoms with Gasteiger partial charge < -0.3 is 4.57 Å². The molecule has 37 heavy (non-hydrogen) atoms. The van der Waals surface area contributed by atoms with Crippen molar-refractivity contribution < 1.29 is 0 Å². The maximum absolute atomic E-state index is 13.8. The predicted octanol–water partition coefficient (Wildman–Crippen LogP) is 7.49. The SMILES string of the molecule is O=c1c2ccccc2n2c3cc4c5ccccc5n(-c5ccccc5)c4cc3cc2n1-c1ccccc1. The van der Waals surface area contributed by atoms with Crippen molar-refractivity contribution in [1.29, 1.82) is 0 Å². The molecule has 0 bridgehead atoms. The van der Waals surface area contributed by atoms with E-state index < -0.39 is 0 Å². The molecule has 0 unspecified atom stereocenters. The molecule has 8 aromatic rings. The van der Waals surface area contributed by atoms with Crippen LogP contribution in [0.25, 0.3) is 60.6 Å². The zero-order valence-corrected chi connectivity index (χ0v) is 19.9. The van der Waals surface area contributed by atoms with Gasteiger partial charge in [-0.1, -0.05) is 66.7 Å². The molecular weight excluding hydrogens is 454 g/mol. The van der Waals surface area contributed by atoms with Gasteiger partial charge in [-0.25, -0.2) is 0 Å². The molecule has 3 aromatic heterocycles. The van der Waals surface area contributed by atoms with Gasteiger partial charge in [-0.2, -0.15) is 0 Å². The molecule has 0 atom stereocenters. The van der Waals surface area contributed by atoms with Gasteiger partial charge in [0.2, 0.25) is 0 Å². The van der Waals surface area contributed by atoms with Crippen molar-refractivity contribution in [2.45, 2.75) is 0 Å². The Labute approximate surface area is 211 Å². The molecule has 4 nitrogen and oxygen atoms in total. The molecule has 0 N–H and O–H groups in total. The van der Waals surface area contributed by atoms with Crippen molar-refractivity contribution in [3.8, 4) is 11.4 Å². The van der Waals surface area contributed by atoms with E-state index in [9.17, 15) is 4.79 Å². The van der Waals surface area contributed by atoms with E-state index in [0.717, 1.165) is 39.0 Å². The minimum absolute atomic E-state index is 0.0131. The summed E-state index contributed by atoms with van der Waals surface area (Å²) in [5.74, 6) is 0. The zero-order chi connectivity index (χ0) is 24.5. The van der Waals surface area contributed by atoms with Crippen LogP contribution in [0.2, 0.25) is 0 Å². The topological polar surface area (TPSA) is 31.3 Å². The highest BCUT2D eigenvalue weighted by molar-refractivity contribution is 6.14. The van der Waals surface area contributed by atoms with E-state index in [1.54, 1.807) is 0 Å². The lowest BCUT2D eigenvalue weighted by molar-refractivity contribution is 1.01. The van der Waals surface area contributed by atoms with E-state index in [4.69, 9.17) is 0 Å². The van der Waals surface area contributed by atoms with Crippen LogP contribution < -0.4 is 5.56 Å². The summed E-state index contributed by atoms with van der Waals surface area (Å²) in [6.07, 6.45) is 0. The summed E-state index contributed by atoms with van der Waals surface area (Å²) < 4.78 is 6.39. The summed E-state index contributed by atoms with van der Waals surface area (Å²) >= 11 is 0. The quantitative estimate of drug-likeness (QED) is 0.255. The van der Waals surface area contributed by atoms with Gasteiger partial charge in [-0.3, -0.25) is 13.8 Å². The van der Waals surface area contributed by atoms with Crippen molar-refractivity contribution in [3.63, 3.8) is 0 Å². The van der Waals surface area contributed by atoms with Crippen molar-refractivity contribution in [2.75, 3.05) is 0 Å². The molecule has 0 saturated carbocycles. The van der Waals surface area contributed by atoms with E-state index in [-0.39, 0.29) is 5.56 Å². The maximum Gasteiger partial charge on any atom is 0.266 e. The van der Waals surface area contributed by atoms with Gasteiger partial charge in [0.1, 0.15) is 5.65 Å². The highest BCUT2D eigenvalue weighted by Gasteiger charge is 2.18. The molecule has 0 aliphatic carbocycles. The van der Waals surface area contributed by atoms with Crippen molar-refractivity contribution >= 4 is 49.3 Å². The summed E-state index contributed by atoms with van der Waals surface area (Å²) in [6.45, 7) is 0. The summed E-state index contributed by atoms with van der Waals surface area (Å²) in [5, 5.41) is 4.18. The van der Waals surface area contributed by atoms with Crippen molar-refractivity contribution in [1.82, 2.24) is 13.5 Å². The van der Waals surface area contributed by atoms with Crippen molar-refractivity contribution in [2.24, 2.45) is 0 Å². The number of aromatic nitrogens is 3. The fourth-order valence-electron chi connectivity index (χ4n) is 5.83. The van der Waals surface area contributed by atoms with E-state index in [1.807, 2.05) is 65.2 Å². The first-order valence-corrected chi connectivity index (χ1v) is 12.4. The van der Waals surface area contributed by atoms with Crippen LogP contribution in [0.3, 0.4) is 0 Å². The summed E-state index contributed by atoms with van der Waals surface area (Å²) in [4.78, 5) is 13.8. The van der Waals surface area contributed by atoms with Gasteiger partial charge in [-0.05, 0) is 60.7 Å². The molecule has 0 aliphatic rings. The molecule has 0 radical (unpaired) electrons. The second-order valence-corrected chi connectivity index (χ2v) is 9.45. The molecular formula is C33H21N3O. The maximum atomic E-state index is 13.8. The molecule has 174 valence electrons. The third-order valence-corrected chi connectivity index (χ3v) is 7.41. The van der Waals surface area contributed by atoms with Crippen LogP contribution in [-0.2, 0) is 0 Å². The fraction of sp³-hybridized carbons (Fsp3) is 0. The molecule has 4 heteroatoms. The average molecular weight is 476 g/mol. The molecule has 0 spiro atoms. The van der Waals surface area contributed by atoms with Gasteiger partial charge in [0.15, 0.2) is 0 Å². The lowest BCUT2D eigenvalue weighted by Gasteiger charge is -2.12. The summed E-state index contributed by atoms with van der Waals surface area (Å²) in [6, 6.07) is 43.5. The van der Waals surface area contributed by atoms with E-state index in [2.05, 4.69) is 75.7 Å². The molecule has 5 aromatic carbocycles. The normalized spacial score (nSPS) is 11.9. The van der Waals surface area contributed by atoms with Crippen LogP contribution in [0.4, 0.5) is 0 Å². The van der Waals surface area contributed by atoms with Gasteiger partial charge in [0.05, 0.1) is 33.1 Å². The van der Waals surface area contributed by atoms with Crippen LogP contribution in [0.15, 0.2) is 132 Å². The lowest BCUT2D eigenvalue weighted by atomic mass is 10.1. The Balaban J connectivity index is 1.60. The Kier molecular flexibility index (Phi) is 4.06. The predicted molar refractivity (Wildman–Crippen MR) is 152 cm³/mol. The molecule has 0 fully saturated rings. The number of benzene rings is 5. The second kappa shape index (κ2) is 7.45. The number of nitrogens with zero attached hydrogens (tertiary/aromatic N) is 3. The van der Waals surface area contributed by atoms with Crippen LogP contribution >= 0.6 is 0 Å². The molecule has 3 heterocycles. The Bertz CT molecular complexity index is 2200. The van der Waals surface area contributed by atoms with Gasteiger partial charge in [0, 0.05) is 21.8 Å². The summed E-state index contributed by atoms with van der Waals surface area (Å²) in [7, 11) is 0.